The number of aromatic nitrogens is 2. The lowest BCUT2D eigenvalue weighted by Gasteiger charge is -2.14. The van der Waals surface area contributed by atoms with E-state index in [1.807, 2.05) is 18.2 Å². The number of nitrogens with one attached hydrogen (secondary N) is 1. The van der Waals surface area contributed by atoms with Crippen LogP contribution in [-0.2, 0) is 11.2 Å². The number of carboxylic acid groups (broad SMARTS) is 1. The summed E-state index contributed by atoms with van der Waals surface area (Å²) in [6.45, 7) is 0.512. The average molecular weight is 470 g/mol. The van der Waals surface area contributed by atoms with Crippen molar-refractivity contribution in [1.82, 2.24) is 9.97 Å². The first-order valence-electron chi connectivity index (χ1n) is 9.44. The summed E-state index contributed by atoms with van der Waals surface area (Å²) < 4.78 is 31.7. The number of phenols is 1. The number of aromatic hydroxyl groups is 1. The van der Waals surface area contributed by atoms with Crippen LogP contribution in [0.15, 0.2) is 48.8 Å². The van der Waals surface area contributed by atoms with E-state index in [1.54, 1.807) is 24.5 Å². The third kappa shape index (κ3) is 6.58. The summed E-state index contributed by atoms with van der Waals surface area (Å²) in [5.41, 5.74) is 8.19. The van der Waals surface area contributed by atoms with Crippen LogP contribution in [0.25, 0.3) is 11.1 Å². The lowest BCUT2D eigenvalue weighted by Crippen LogP contribution is -2.21. The summed E-state index contributed by atoms with van der Waals surface area (Å²) in [5.74, 6) is -2.40. The summed E-state index contributed by atoms with van der Waals surface area (Å²) >= 11 is 0. The van der Waals surface area contributed by atoms with Crippen molar-refractivity contribution < 1.29 is 28.2 Å². The Morgan fingerprint density at radius 2 is 1.82 bits per heavy atom. The van der Waals surface area contributed by atoms with Crippen LogP contribution in [0, 0.1) is 22.7 Å². The van der Waals surface area contributed by atoms with Gasteiger partial charge in [0.1, 0.15) is 40.7 Å². The molecular weight excluding hydrogens is 453 g/mol. The molecule has 0 atom stereocenters. The van der Waals surface area contributed by atoms with E-state index in [1.165, 1.54) is 12.1 Å². The Bertz CT molecular complexity index is 1250. The number of pyridine rings is 2. The number of anilines is 2. The molecule has 0 unspecified atom stereocenters. The molecular formula is C22H17F3N6O3. The van der Waals surface area contributed by atoms with Crippen LogP contribution >= 0.6 is 0 Å². The van der Waals surface area contributed by atoms with Gasteiger partial charge in [-0.3, -0.25) is 4.98 Å². The fraction of sp³-hybridized carbons (Fsp3) is 0.136. The molecule has 0 amide bonds. The van der Waals surface area contributed by atoms with Gasteiger partial charge in [-0.15, -0.1) is 0 Å². The minimum atomic E-state index is -5.08. The molecule has 1 aromatic carbocycles. The molecule has 0 fully saturated rings. The quantitative estimate of drug-likeness (QED) is 0.436. The Morgan fingerprint density at radius 3 is 2.35 bits per heavy atom. The van der Waals surface area contributed by atoms with Gasteiger partial charge < -0.3 is 21.3 Å². The molecule has 0 aliphatic carbocycles. The maximum absolute atomic E-state index is 10.6. The highest BCUT2D eigenvalue weighted by atomic mass is 19.4. The van der Waals surface area contributed by atoms with Crippen LogP contribution in [0.4, 0.5) is 24.8 Å². The SMILES string of the molecule is N#Cc1c(N)nc(NCCc2cccnc2)c(C#N)c1-c1cccc(O)c1.O=C(O)C(F)(F)F. The van der Waals surface area contributed by atoms with E-state index < -0.39 is 12.1 Å². The second kappa shape index (κ2) is 11.2. The number of aliphatic carboxylic acids is 1. The maximum atomic E-state index is 10.6. The van der Waals surface area contributed by atoms with E-state index in [4.69, 9.17) is 15.6 Å². The number of nitrogens with two attached hydrogens (primary N) is 1. The van der Waals surface area contributed by atoms with Crippen LogP contribution in [-0.4, -0.2) is 38.9 Å². The molecule has 2 heterocycles. The highest BCUT2D eigenvalue weighted by Gasteiger charge is 2.38. The number of benzene rings is 1. The summed E-state index contributed by atoms with van der Waals surface area (Å²) in [7, 11) is 0. The van der Waals surface area contributed by atoms with Crippen molar-refractivity contribution in [2.24, 2.45) is 0 Å². The Labute approximate surface area is 191 Å². The van der Waals surface area contributed by atoms with Gasteiger partial charge in [0, 0.05) is 24.5 Å². The minimum absolute atomic E-state index is 0.0266. The van der Waals surface area contributed by atoms with Crippen LogP contribution < -0.4 is 11.1 Å². The number of hydrogen-bond acceptors (Lipinski definition) is 8. The number of hydrogen-bond donors (Lipinski definition) is 4. The normalized spacial score (nSPS) is 10.3. The Balaban J connectivity index is 0.000000509. The predicted molar refractivity (Wildman–Crippen MR) is 115 cm³/mol. The van der Waals surface area contributed by atoms with Crippen LogP contribution in [0.3, 0.4) is 0 Å². The molecule has 174 valence electrons. The molecule has 0 bridgehead atoms. The molecule has 0 aliphatic heterocycles. The van der Waals surface area contributed by atoms with Crippen molar-refractivity contribution >= 4 is 17.6 Å². The molecule has 0 radical (unpaired) electrons. The number of rotatable bonds is 5. The largest absolute Gasteiger partial charge is 0.508 e. The number of carbonyl (C=O) groups is 1. The molecule has 5 N–H and O–H groups in total. The molecule has 2 aromatic heterocycles. The van der Waals surface area contributed by atoms with Gasteiger partial charge in [-0.25, -0.2) is 9.78 Å². The molecule has 9 nitrogen and oxygen atoms in total. The Kier molecular flexibility index (Phi) is 8.34. The van der Waals surface area contributed by atoms with Crippen LogP contribution in [0.2, 0.25) is 0 Å². The number of phenolic OH excluding ortho intramolecular Hbond substituents is 1. The molecule has 3 rings (SSSR count). The summed E-state index contributed by atoms with van der Waals surface area (Å²) in [4.78, 5) is 17.2. The van der Waals surface area contributed by atoms with Crippen molar-refractivity contribution in [3.8, 4) is 29.0 Å². The van der Waals surface area contributed by atoms with Gasteiger partial charge >= 0.3 is 12.1 Å². The van der Waals surface area contributed by atoms with Gasteiger partial charge in [0.25, 0.3) is 0 Å². The van der Waals surface area contributed by atoms with Crippen molar-refractivity contribution in [3.05, 3.63) is 65.5 Å². The highest BCUT2D eigenvalue weighted by Crippen LogP contribution is 2.35. The number of halogens is 3. The highest BCUT2D eigenvalue weighted by molar-refractivity contribution is 5.85. The van der Waals surface area contributed by atoms with Gasteiger partial charge in [0.15, 0.2) is 0 Å². The lowest BCUT2D eigenvalue weighted by atomic mass is 9.96. The Morgan fingerprint density at radius 1 is 1.15 bits per heavy atom. The van der Waals surface area contributed by atoms with Crippen molar-refractivity contribution in [2.45, 2.75) is 12.6 Å². The summed E-state index contributed by atoms with van der Waals surface area (Å²) in [5, 5.41) is 39.2. The third-order valence-electron chi connectivity index (χ3n) is 4.26. The summed E-state index contributed by atoms with van der Waals surface area (Å²) in [6, 6.07) is 14.3. The first-order valence-corrected chi connectivity index (χ1v) is 9.44. The van der Waals surface area contributed by atoms with Gasteiger partial charge in [-0.2, -0.15) is 23.7 Å². The van der Waals surface area contributed by atoms with E-state index in [2.05, 4.69) is 21.4 Å². The first kappa shape index (κ1) is 25.4. The number of nitrogen functional groups attached to an aromatic ring is 1. The van der Waals surface area contributed by atoms with Gasteiger partial charge in [-0.05, 0) is 35.7 Å². The minimum Gasteiger partial charge on any atom is -0.508 e. The molecule has 34 heavy (non-hydrogen) atoms. The lowest BCUT2D eigenvalue weighted by molar-refractivity contribution is -0.192. The van der Waals surface area contributed by atoms with Gasteiger partial charge in [0.2, 0.25) is 0 Å². The molecule has 12 heteroatoms. The first-order chi connectivity index (χ1) is 16.1. The zero-order chi connectivity index (χ0) is 25.3. The zero-order valence-electron chi connectivity index (χ0n) is 17.3. The van der Waals surface area contributed by atoms with E-state index in [0.29, 0.717) is 29.9 Å². The fourth-order valence-electron chi connectivity index (χ4n) is 2.78. The van der Waals surface area contributed by atoms with Crippen molar-refractivity contribution in [3.63, 3.8) is 0 Å². The molecule has 0 spiro atoms. The van der Waals surface area contributed by atoms with E-state index in [-0.39, 0.29) is 22.7 Å². The number of carboxylic acids is 1. The fourth-order valence-corrected chi connectivity index (χ4v) is 2.78. The third-order valence-corrected chi connectivity index (χ3v) is 4.26. The van der Waals surface area contributed by atoms with Gasteiger partial charge in [0.05, 0.1) is 0 Å². The number of alkyl halides is 3. The van der Waals surface area contributed by atoms with Crippen molar-refractivity contribution in [1.29, 1.82) is 10.5 Å². The topological polar surface area (TPSA) is 169 Å². The van der Waals surface area contributed by atoms with E-state index in [9.17, 15) is 28.8 Å². The predicted octanol–water partition coefficient (Wildman–Crippen LogP) is 3.46. The second-order valence-electron chi connectivity index (χ2n) is 6.59. The summed E-state index contributed by atoms with van der Waals surface area (Å²) in [6.07, 6.45) is -0.928. The molecule has 3 aromatic rings. The number of nitriles is 2. The number of nitrogens with zero attached hydrogens (tertiary/aromatic N) is 4. The van der Waals surface area contributed by atoms with E-state index >= 15 is 0 Å². The van der Waals surface area contributed by atoms with Crippen LogP contribution in [0.5, 0.6) is 5.75 Å². The smallest absolute Gasteiger partial charge is 0.490 e. The van der Waals surface area contributed by atoms with E-state index in [0.717, 1.165) is 5.56 Å². The molecule has 0 saturated carbocycles. The molecule has 0 aliphatic rings. The molecule has 0 saturated heterocycles. The maximum Gasteiger partial charge on any atom is 0.490 e. The van der Waals surface area contributed by atoms with Crippen LogP contribution in [0.1, 0.15) is 16.7 Å². The van der Waals surface area contributed by atoms with Gasteiger partial charge in [-0.1, -0.05) is 18.2 Å². The van der Waals surface area contributed by atoms with Crippen molar-refractivity contribution in [2.75, 3.05) is 17.6 Å². The Hall–Kier alpha value is -4.84. The monoisotopic (exact) mass is 470 g/mol. The zero-order valence-corrected chi connectivity index (χ0v) is 17.3. The standard InChI is InChI=1S/C20H16N6O.C2HF3O2/c21-10-16-18(14-4-1-5-15(27)9-14)17(11-22)20(26-19(16)23)25-8-6-13-3-2-7-24-12-13;3-2(4,5)1(6)7/h1-5,7,9,12,27H,6,8H2,(H3,23,25,26);(H,6,7). The average Bonchev–Trinajstić information content (AvgIpc) is 2.79. The second-order valence-corrected chi connectivity index (χ2v) is 6.59.